The summed E-state index contributed by atoms with van der Waals surface area (Å²) in [6.45, 7) is 0. The van der Waals surface area contributed by atoms with Gasteiger partial charge in [-0.05, 0) is 42.0 Å². The lowest BCUT2D eigenvalue weighted by molar-refractivity contribution is -0.384. The fourth-order valence-corrected chi connectivity index (χ4v) is 2.94. The van der Waals surface area contributed by atoms with Gasteiger partial charge in [-0.15, -0.1) is 5.10 Å². The molecule has 34 heavy (non-hydrogen) atoms. The summed E-state index contributed by atoms with van der Waals surface area (Å²) in [5.41, 5.74) is 1.98. The Morgan fingerprint density at radius 2 is 1.68 bits per heavy atom. The number of rotatable bonds is 7. The van der Waals surface area contributed by atoms with E-state index in [1.807, 2.05) is 30.3 Å². The van der Waals surface area contributed by atoms with Crippen LogP contribution in [0.25, 0.3) is 17.5 Å². The fourth-order valence-electron chi connectivity index (χ4n) is 2.94. The van der Waals surface area contributed by atoms with Crippen LogP contribution in [-0.2, 0) is 4.79 Å². The molecular weight excluding hydrogens is 438 g/mol. The van der Waals surface area contributed by atoms with E-state index >= 15 is 0 Å². The molecule has 0 aliphatic carbocycles. The third kappa shape index (κ3) is 5.56. The maximum Gasteiger partial charge on any atom is 0.322 e. The number of nitrogens with zero attached hydrogens (tertiary/aromatic N) is 3. The third-order valence-electron chi connectivity index (χ3n) is 4.59. The van der Waals surface area contributed by atoms with Gasteiger partial charge in [0.25, 0.3) is 11.6 Å². The molecular formula is C24H17N5O5. The first kappa shape index (κ1) is 22.1. The molecule has 0 spiro atoms. The van der Waals surface area contributed by atoms with Gasteiger partial charge in [-0.25, -0.2) is 0 Å². The van der Waals surface area contributed by atoms with Crippen LogP contribution in [0.3, 0.4) is 0 Å². The molecule has 2 amide bonds. The Bertz CT molecular complexity index is 1360. The average Bonchev–Trinajstić information content (AvgIpc) is 3.32. The van der Waals surface area contributed by atoms with Crippen LogP contribution in [0.1, 0.15) is 15.9 Å². The van der Waals surface area contributed by atoms with Crippen LogP contribution in [0, 0.1) is 10.1 Å². The Hall–Kier alpha value is -5.12. The lowest BCUT2D eigenvalue weighted by atomic mass is 10.2. The molecule has 1 aromatic heterocycles. The van der Waals surface area contributed by atoms with Crippen molar-refractivity contribution in [2.24, 2.45) is 0 Å². The first-order valence-corrected chi connectivity index (χ1v) is 10.0. The van der Waals surface area contributed by atoms with Crippen LogP contribution in [0.4, 0.5) is 17.4 Å². The summed E-state index contributed by atoms with van der Waals surface area (Å²) in [7, 11) is 0. The molecule has 1 heterocycles. The van der Waals surface area contributed by atoms with Gasteiger partial charge in [-0.3, -0.25) is 25.0 Å². The SMILES string of the molecule is O=C(/C=C/c1ccccc1)Nc1cccc(C(=O)Nc2nnc(-c3ccc([N+](=O)[O-])cc3)o2)c1. The second-order valence-corrected chi connectivity index (χ2v) is 6.98. The van der Waals surface area contributed by atoms with Crippen molar-refractivity contribution in [3.8, 4) is 11.5 Å². The molecule has 10 nitrogen and oxygen atoms in total. The smallest absolute Gasteiger partial charge is 0.322 e. The summed E-state index contributed by atoms with van der Waals surface area (Å²) in [6, 6.07) is 21.2. The van der Waals surface area contributed by atoms with Gasteiger partial charge in [-0.1, -0.05) is 41.5 Å². The number of carbonyl (C=O) groups is 2. The van der Waals surface area contributed by atoms with E-state index in [0.717, 1.165) is 5.56 Å². The highest BCUT2D eigenvalue weighted by Crippen LogP contribution is 2.23. The number of nitrogens with one attached hydrogen (secondary N) is 2. The molecule has 4 rings (SSSR count). The van der Waals surface area contributed by atoms with Crippen molar-refractivity contribution >= 4 is 35.3 Å². The molecule has 168 valence electrons. The van der Waals surface area contributed by atoms with E-state index < -0.39 is 10.8 Å². The topological polar surface area (TPSA) is 140 Å². The minimum atomic E-state index is -0.519. The number of benzene rings is 3. The van der Waals surface area contributed by atoms with Gasteiger partial charge in [0.05, 0.1) is 4.92 Å². The predicted molar refractivity (Wildman–Crippen MR) is 125 cm³/mol. The number of non-ortho nitro benzene ring substituents is 1. The first-order valence-electron chi connectivity index (χ1n) is 10.0. The van der Waals surface area contributed by atoms with E-state index in [1.54, 1.807) is 24.3 Å². The molecule has 0 saturated carbocycles. The van der Waals surface area contributed by atoms with Crippen molar-refractivity contribution < 1.29 is 18.9 Å². The number of amides is 2. The molecule has 0 bridgehead atoms. The van der Waals surface area contributed by atoms with E-state index in [2.05, 4.69) is 20.8 Å². The van der Waals surface area contributed by atoms with Gasteiger partial charge in [-0.2, -0.15) is 0 Å². The van der Waals surface area contributed by atoms with Crippen molar-refractivity contribution in [1.82, 2.24) is 10.2 Å². The molecule has 0 aliphatic heterocycles. The number of carbonyl (C=O) groups excluding carboxylic acids is 2. The maximum atomic E-state index is 12.6. The minimum Gasteiger partial charge on any atom is -0.403 e. The number of nitro groups is 1. The molecule has 0 fully saturated rings. The molecule has 0 saturated heterocycles. The molecule has 0 unspecified atom stereocenters. The van der Waals surface area contributed by atoms with Gasteiger partial charge in [0, 0.05) is 35.0 Å². The number of nitro benzene ring substituents is 1. The maximum absolute atomic E-state index is 12.6. The van der Waals surface area contributed by atoms with E-state index in [4.69, 9.17) is 4.42 Å². The van der Waals surface area contributed by atoms with E-state index in [0.29, 0.717) is 11.3 Å². The Morgan fingerprint density at radius 3 is 2.41 bits per heavy atom. The monoisotopic (exact) mass is 455 g/mol. The number of hydrogen-bond donors (Lipinski definition) is 2. The van der Waals surface area contributed by atoms with E-state index in [9.17, 15) is 19.7 Å². The second-order valence-electron chi connectivity index (χ2n) is 6.98. The van der Waals surface area contributed by atoms with Crippen LogP contribution >= 0.6 is 0 Å². The highest BCUT2D eigenvalue weighted by Gasteiger charge is 2.14. The highest BCUT2D eigenvalue weighted by atomic mass is 16.6. The predicted octanol–water partition coefficient (Wildman–Crippen LogP) is 4.55. The fraction of sp³-hybridized carbons (Fsp3) is 0. The van der Waals surface area contributed by atoms with Crippen molar-refractivity contribution in [2.45, 2.75) is 0 Å². The zero-order valence-corrected chi connectivity index (χ0v) is 17.5. The van der Waals surface area contributed by atoms with Crippen molar-refractivity contribution in [3.05, 3.63) is 106 Å². The normalized spacial score (nSPS) is 10.7. The van der Waals surface area contributed by atoms with Crippen molar-refractivity contribution in [3.63, 3.8) is 0 Å². The van der Waals surface area contributed by atoms with Gasteiger partial charge in [0.2, 0.25) is 11.8 Å². The van der Waals surface area contributed by atoms with Crippen LogP contribution in [0.15, 0.2) is 89.4 Å². The zero-order valence-electron chi connectivity index (χ0n) is 17.5. The summed E-state index contributed by atoms with van der Waals surface area (Å²) < 4.78 is 5.43. The second kappa shape index (κ2) is 10.0. The Kier molecular flexibility index (Phi) is 6.50. The lowest BCUT2D eigenvalue weighted by Gasteiger charge is -2.05. The minimum absolute atomic E-state index is 0.0701. The molecule has 2 N–H and O–H groups in total. The Balaban J connectivity index is 1.39. The van der Waals surface area contributed by atoms with Crippen molar-refractivity contribution in [2.75, 3.05) is 10.6 Å². The highest BCUT2D eigenvalue weighted by molar-refractivity contribution is 6.05. The molecule has 0 aliphatic rings. The van der Waals surface area contributed by atoms with E-state index in [1.165, 1.54) is 36.4 Å². The van der Waals surface area contributed by atoms with Crippen LogP contribution in [0.2, 0.25) is 0 Å². The Morgan fingerprint density at radius 1 is 0.912 bits per heavy atom. The van der Waals surface area contributed by atoms with Gasteiger partial charge in [0.1, 0.15) is 0 Å². The molecule has 0 atom stereocenters. The summed E-state index contributed by atoms with van der Waals surface area (Å²) >= 11 is 0. The van der Waals surface area contributed by atoms with Gasteiger partial charge < -0.3 is 9.73 Å². The molecule has 10 heteroatoms. The first-order chi connectivity index (χ1) is 16.5. The third-order valence-corrected chi connectivity index (χ3v) is 4.59. The number of anilines is 2. The van der Waals surface area contributed by atoms with Crippen LogP contribution < -0.4 is 10.6 Å². The van der Waals surface area contributed by atoms with Gasteiger partial charge >= 0.3 is 6.01 Å². The zero-order chi connectivity index (χ0) is 23.9. The average molecular weight is 455 g/mol. The van der Waals surface area contributed by atoms with Gasteiger partial charge in [0.15, 0.2) is 0 Å². The lowest BCUT2D eigenvalue weighted by Crippen LogP contribution is -2.13. The van der Waals surface area contributed by atoms with Crippen molar-refractivity contribution in [1.29, 1.82) is 0 Å². The summed E-state index contributed by atoms with van der Waals surface area (Å²) in [6.07, 6.45) is 3.09. The number of hydrogen-bond acceptors (Lipinski definition) is 7. The summed E-state index contributed by atoms with van der Waals surface area (Å²) in [4.78, 5) is 35.0. The standard InChI is InChI=1S/C24H17N5O5/c30-21(14-9-16-5-2-1-3-6-16)25-19-8-4-7-18(15-19)22(31)26-24-28-27-23(34-24)17-10-12-20(13-11-17)29(32)33/h1-15H,(H,25,30)(H,26,28,31)/b14-9+. The molecule has 0 radical (unpaired) electrons. The summed E-state index contributed by atoms with van der Waals surface area (Å²) in [5.74, 6) is -0.766. The quantitative estimate of drug-likeness (QED) is 0.237. The molecule has 3 aromatic carbocycles. The van der Waals surface area contributed by atoms with Crippen LogP contribution in [-0.4, -0.2) is 26.9 Å². The molecule has 4 aromatic rings. The van der Waals surface area contributed by atoms with E-state index in [-0.39, 0.29) is 29.1 Å². The number of aromatic nitrogens is 2. The largest absolute Gasteiger partial charge is 0.403 e. The Labute approximate surface area is 193 Å². The van der Waals surface area contributed by atoms with Crippen LogP contribution in [0.5, 0.6) is 0 Å². The summed E-state index contributed by atoms with van der Waals surface area (Å²) in [5, 5.41) is 23.6.